The van der Waals surface area contributed by atoms with Crippen LogP contribution in [0.5, 0.6) is 5.75 Å². The van der Waals surface area contributed by atoms with Gasteiger partial charge in [-0.2, -0.15) is 4.98 Å². The lowest BCUT2D eigenvalue weighted by atomic mass is 10.2. The Bertz CT molecular complexity index is 1340. The number of aromatic nitrogens is 5. The van der Waals surface area contributed by atoms with Crippen LogP contribution in [-0.4, -0.2) is 24.9 Å². The Labute approximate surface area is 193 Å². The second kappa shape index (κ2) is 9.66. The van der Waals surface area contributed by atoms with Crippen LogP contribution in [0.4, 0.5) is 4.39 Å². The molecular formula is C24H18FN5O2S. The van der Waals surface area contributed by atoms with Gasteiger partial charge in [-0.15, -0.1) is 10.2 Å². The summed E-state index contributed by atoms with van der Waals surface area (Å²) in [5, 5.41) is 13.3. The highest BCUT2D eigenvalue weighted by molar-refractivity contribution is 7.98. The molecule has 0 saturated carbocycles. The molecule has 0 bridgehead atoms. The van der Waals surface area contributed by atoms with Crippen molar-refractivity contribution in [1.29, 1.82) is 0 Å². The largest absolute Gasteiger partial charge is 0.483 e. The first kappa shape index (κ1) is 20.9. The van der Waals surface area contributed by atoms with Crippen LogP contribution in [0.25, 0.3) is 17.1 Å². The van der Waals surface area contributed by atoms with E-state index in [2.05, 4.69) is 20.3 Å². The molecule has 164 valence electrons. The number of benzene rings is 3. The SMILES string of the molecule is Fc1ccccc1OCc1nnc(SCc2nc(-c3ccccc3)no2)n1-c1ccccc1. The van der Waals surface area contributed by atoms with Crippen molar-refractivity contribution in [1.82, 2.24) is 24.9 Å². The monoisotopic (exact) mass is 459 g/mol. The zero-order chi connectivity index (χ0) is 22.5. The molecule has 5 aromatic rings. The molecule has 0 aliphatic carbocycles. The maximum absolute atomic E-state index is 14.0. The standard InChI is InChI=1S/C24H18FN5O2S/c25-19-13-7-8-14-20(19)31-15-21-27-28-24(30(21)18-11-5-2-6-12-18)33-16-22-26-23(29-32-22)17-9-3-1-4-10-17/h1-14H,15-16H2. The Hall–Kier alpha value is -3.98. The minimum Gasteiger partial charge on any atom is -0.483 e. The van der Waals surface area contributed by atoms with Crippen molar-refractivity contribution in [3.05, 3.63) is 102 Å². The second-order valence-electron chi connectivity index (χ2n) is 6.96. The molecule has 0 amide bonds. The molecule has 0 spiro atoms. The molecule has 9 heteroatoms. The molecule has 0 N–H and O–H groups in total. The fraction of sp³-hybridized carbons (Fsp3) is 0.0833. The third-order valence-corrected chi connectivity index (χ3v) is 5.65. The first-order chi connectivity index (χ1) is 16.3. The van der Waals surface area contributed by atoms with Crippen LogP contribution in [0.15, 0.2) is 94.6 Å². The van der Waals surface area contributed by atoms with Gasteiger partial charge in [0.05, 0.1) is 5.75 Å². The molecule has 2 aromatic heterocycles. The van der Waals surface area contributed by atoms with Crippen LogP contribution in [0.3, 0.4) is 0 Å². The highest BCUT2D eigenvalue weighted by Gasteiger charge is 2.17. The summed E-state index contributed by atoms with van der Waals surface area (Å²) >= 11 is 1.41. The highest BCUT2D eigenvalue weighted by Crippen LogP contribution is 2.27. The van der Waals surface area contributed by atoms with E-state index in [0.717, 1.165) is 11.3 Å². The second-order valence-corrected chi connectivity index (χ2v) is 7.90. The Morgan fingerprint density at radius 3 is 2.39 bits per heavy atom. The van der Waals surface area contributed by atoms with Gasteiger partial charge in [-0.25, -0.2) is 4.39 Å². The zero-order valence-electron chi connectivity index (χ0n) is 17.3. The molecule has 0 aliphatic rings. The van der Waals surface area contributed by atoms with E-state index in [1.54, 1.807) is 18.2 Å². The lowest BCUT2D eigenvalue weighted by Gasteiger charge is -2.11. The van der Waals surface area contributed by atoms with Crippen molar-refractivity contribution < 1.29 is 13.7 Å². The molecule has 0 saturated heterocycles. The maximum Gasteiger partial charge on any atom is 0.237 e. The smallest absolute Gasteiger partial charge is 0.237 e. The van der Waals surface area contributed by atoms with Gasteiger partial charge in [0.15, 0.2) is 22.5 Å². The number of rotatable bonds is 8. The minimum atomic E-state index is -0.427. The van der Waals surface area contributed by atoms with Crippen LogP contribution in [-0.2, 0) is 12.4 Å². The third kappa shape index (κ3) is 4.78. The number of ether oxygens (including phenoxy) is 1. The van der Waals surface area contributed by atoms with Crippen molar-refractivity contribution in [3.8, 4) is 22.8 Å². The van der Waals surface area contributed by atoms with Crippen molar-refractivity contribution in [2.75, 3.05) is 0 Å². The summed E-state index contributed by atoms with van der Waals surface area (Å²) in [7, 11) is 0. The van der Waals surface area contributed by atoms with Crippen LogP contribution in [0.2, 0.25) is 0 Å². The molecule has 7 nitrogen and oxygen atoms in total. The summed E-state index contributed by atoms with van der Waals surface area (Å²) in [6, 6.07) is 25.6. The summed E-state index contributed by atoms with van der Waals surface area (Å²) in [6.07, 6.45) is 0. The zero-order valence-corrected chi connectivity index (χ0v) is 18.2. The Balaban J connectivity index is 1.36. The fourth-order valence-corrected chi connectivity index (χ4v) is 3.98. The highest BCUT2D eigenvalue weighted by atomic mass is 32.2. The number of halogens is 1. The normalized spacial score (nSPS) is 10.9. The van der Waals surface area contributed by atoms with Crippen molar-refractivity contribution in [3.63, 3.8) is 0 Å². The average molecular weight is 460 g/mol. The van der Waals surface area contributed by atoms with Gasteiger partial charge in [0.1, 0.15) is 6.61 Å². The van der Waals surface area contributed by atoms with Crippen LogP contribution < -0.4 is 4.74 Å². The van der Waals surface area contributed by atoms with E-state index in [9.17, 15) is 4.39 Å². The van der Waals surface area contributed by atoms with E-state index in [-0.39, 0.29) is 12.4 Å². The van der Waals surface area contributed by atoms with Gasteiger partial charge in [-0.3, -0.25) is 4.57 Å². The van der Waals surface area contributed by atoms with E-state index in [4.69, 9.17) is 9.26 Å². The molecule has 0 radical (unpaired) electrons. The number of para-hydroxylation sites is 2. The maximum atomic E-state index is 14.0. The molecule has 5 rings (SSSR count). The number of hydrogen-bond donors (Lipinski definition) is 0. The van der Waals surface area contributed by atoms with E-state index in [0.29, 0.717) is 28.4 Å². The van der Waals surface area contributed by atoms with E-state index in [1.165, 1.54) is 17.8 Å². The lowest BCUT2D eigenvalue weighted by molar-refractivity contribution is 0.278. The molecule has 2 heterocycles. The van der Waals surface area contributed by atoms with Crippen molar-refractivity contribution >= 4 is 11.8 Å². The summed E-state index contributed by atoms with van der Waals surface area (Å²) < 4.78 is 26.9. The average Bonchev–Trinajstić information content (AvgIpc) is 3.50. The third-order valence-electron chi connectivity index (χ3n) is 4.73. The summed E-state index contributed by atoms with van der Waals surface area (Å²) in [5.74, 6) is 1.71. The van der Waals surface area contributed by atoms with Gasteiger partial charge in [0.2, 0.25) is 11.7 Å². The molecule has 0 fully saturated rings. The lowest BCUT2D eigenvalue weighted by Crippen LogP contribution is -2.07. The van der Waals surface area contributed by atoms with Crippen molar-refractivity contribution in [2.24, 2.45) is 0 Å². The van der Waals surface area contributed by atoms with E-state index >= 15 is 0 Å². The Morgan fingerprint density at radius 1 is 0.879 bits per heavy atom. The van der Waals surface area contributed by atoms with Gasteiger partial charge < -0.3 is 9.26 Å². The van der Waals surface area contributed by atoms with Gasteiger partial charge in [-0.05, 0) is 24.3 Å². The Morgan fingerprint density at radius 2 is 1.61 bits per heavy atom. The van der Waals surface area contributed by atoms with Crippen LogP contribution >= 0.6 is 11.8 Å². The van der Waals surface area contributed by atoms with Crippen LogP contribution in [0.1, 0.15) is 11.7 Å². The molecular weight excluding hydrogens is 441 g/mol. The molecule has 0 aliphatic heterocycles. The summed E-state index contributed by atoms with van der Waals surface area (Å²) in [6.45, 7) is 0.0576. The summed E-state index contributed by atoms with van der Waals surface area (Å²) in [4.78, 5) is 4.47. The van der Waals surface area contributed by atoms with Gasteiger partial charge >= 0.3 is 0 Å². The molecule has 0 atom stereocenters. The predicted molar refractivity (Wildman–Crippen MR) is 121 cm³/mol. The minimum absolute atomic E-state index is 0.0576. The topological polar surface area (TPSA) is 78.9 Å². The van der Waals surface area contributed by atoms with Gasteiger partial charge in [0, 0.05) is 11.3 Å². The number of hydrogen-bond acceptors (Lipinski definition) is 7. The Kier molecular flexibility index (Phi) is 6.12. The number of nitrogens with zero attached hydrogens (tertiary/aromatic N) is 5. The fourth-order valence-electron chi connectivity index (χ4n) is 3.17. The van der Waals surface area contributed by atoms with E-state index in [1.807, 2.05) is 65.2 Å². The first-order valence-electron chi connectivity index (χ1n) is 10.2. The molecule has 3 aromatic carbocycles. The molecule has 0 unspecified atom stereocenters. The number of thioether (sulfide) groups is 1. The quantitative estimate of drug-likeness (QED) is 0.290. The van der Waals surface area contributed by atoms with E-state index < -0.39 is 5.82 Å². The van der Waals surface area contributed by atoms with Gasteiger partial charge in [-0.1, -0.05) is 77.6 Å². The predicted octanol–water partition coefficient (Wildman–Crippen LogP) is 5.33. The van der Waals surface area contributed by atoms with Crippen molar-refractivity contribution in [2.45, 2.75) is 17.5 Å². The van der Waals surface area contributed by atoms with Gasteiger partial charge in [0.25, 0.3) is 0 Å². The summed E-state index contributed by atoms with van der Waals surface area (Å²) in [5.41, 5.74) is 1.75. The molecule has 33 heavy (non-hydrogen) atoms. The van der Waals surface area contributed by atoms with Crippen LogP contribution in [0, 0.1) is 5.82 Å². The first-order valence-corrected chi connectivity index (χ1v) is 11.1.